The highest BCUT2D eigenvalue weighted by molar-refractivity contribution is 5.88. The molecule has 2 aliphatic rings. The van der Waals surface area contributed by atoms with Crippen LogP contribution in [0.5, 0.6) is 34.5 Å². The number of hydrogen-bond donors (Lipinski definition) is 10. The van der Waals surface area contributed by atoms with Gasteiger partial charge in [0.1, 0.15) is 59.6 Å². The predicted molar refractivity (Wildman–Crippen MR) is 145 cm³/mol. The number of fused-ring (bicyclic) bond motifs is 1. The third-order valence-corrected chi connectivity index (χ3v) is 7.50. The third kappa shape index (κ3) is 5.86. The quantitative estimate of drug-likeness (QED) is 0.114. The largest absolute Gasteiger partial charge is 0.507 e. The minimum Gasteiger partial charge on any atom is -0.507 e. The smallest absolute Gasteiger partial charge is 0.402 e. The van der Waals surface area contributed by atoms with Crippen LogP contribution in [-0.4, -0.2) is 126 Å². The van der Waals surface area contributed by atoms with Crippen molar-refractivity contribution in [3.63, 3.8) is 0 Å². The van der Waals surface area contributed by atoms with E-state index in [0.29, 0.717) is 0 Å². The molecule has 0 aliphatic carbocycles. The number of benzene rings is 2. The SMILES string of the molecule is COc1cc(-c2[o+]c3cc(O)cc(O)c3cc2OC2OC(COC3OC(C)C(O)C(O)C3O)C(O)C(O)C2O)cc(O)c1O. The molecule has 44 heavy (non-hydrogen) atoms. The average Bonchev–Trinajstić information content (AvgIpc) is 2.99. The third-order valence-electron chi connectivity index (χ3n) is 7.50. The number of aliphatic hydroxyl groups excluding tert-OH is 6. The fraction of sp³-hybridized carbons (Fsp3) is 0.464. The number of aliphatic hydroxyl groups is 6. The Morgan fingerprint density at radius 2 is 1.41 bits per heavy atom. The van der Waals surface area contributed by atoms with Crippen LogP contribution in [0.3, 0.4) is 0 Å². The molecule has 2 fully saturated rings. The first-order valence-corrected chi connectivity index (χ1v) is 13.4. The molecular weight excluding hydrogens is 592 g/mol. The maximum atomic E-state index is 10.7. The van der Waals surface area contributed by atoms with Crippen LogP contribution in [0.1, 0.15) is 6.92 Å². The van der Waals surface area contributed by atoms with Crippen LogP contribution in [0.2, 0.25) is 0 Å². The van der Waals surface area contributed by atoms with Crippen LogP contribution in [-0.2, 0) is 14.2 Å². The van der Waals surface area contributed by atoms with E-state index in [1.807, 2.05) is 0 Å². The number of ether oxygens (including phenoxy) is 5. The van der Waals surface area contributed by atoms with Crippen molar-refractivity contribution in [3.8, 4) is 45.8 Å². The summed E-state index contributed by atoms with van der Waals surface area (Å²) in [4.78, 5) is 0. The number of hydrogen-bond acceptors (Lipinski definition) is 15. The Bertz CT molecular complexity index is 1500. The van der Waals surface area contributed by atoms with E-state index in [4.69, 9.17) is 28.1 Å². The van der Waals surface area contributed by atoms with E-state index < -0.39 is 85.3 Å². The lowest BCUT2D eigenvalue weighted by molar-refractivity contribution is -0.318. The van der Waals surface area contributed by atoms with Gasteiger partial charge in [0, 0.05) is 24.3 Å². The van der Waals surface area contributed by atoms with Gasteiger partial charge in [0.2, 0.25) is 17.8 Å². The summed E-state index contributed by atoms with van der Waals surface area (Å²) in [5, 5.41) is 103. The molecule has 0 spiro atoms. The summed E-state index contributed by atoms with van der Waals surface area (Å²) in [7, 11) is 1.24. The van der Waals surface area contributed by atoms with Crippen molar-refractivity contribution in [3.05, 3.63) is 30.3 Å². The Morgan fingerprint density at radius 3 is 2.11 bits per heavy atom. The lowest BCUT2D eigenvalue weighted by atomic mass is 9.98. The number of phenolic OH excluding ortho intramolecular Hbond substituents is 4. The zero-order valence-electron chi connectivity index (χ0n) is 23.3. The summed E-state index contributed by atoms with van der Waals surface area (Å²) in [5.74, 6) is -2.45. The fourth-order valence-corrected chi connectivity index (χ4v) is 4.97. The lowest BCUT2D eigenvalue weighted by Crippen LogP contribution is -2.61. The molecule has 0 amide bonds. The number of rotatable bonds is 7. The van der Waals surface area contributed by atoms with Crippen LogP contribution >= 0.6 is 0 Å². The number of methoxy groups -OCH3 is 1. The maximum Gasteiger partial charge on any atom is 0.402 e. The van der Waals surface area contributed by atoms with Gasteiger partial charge in [0.25, 0.3) is 0 Å². The van der Waals surface area contributed by atoms with Gasteiger partial charge in [-0.3, -0.25) is 0 Å². The Balaban J connectivity index is 1.47. The van der Waals surface area contributed by atoms with Gasteiger partial charge in [-0.1, -0.05) is 0 Å². The average molecular weight is 626 g/mol. The summed E-state index contributed by atoms with van der Waals surface area (Å²) < 4.78 is 33.5. The second-order valence-electron chi connectivity index (χ2n) is 10.5. The molecule has 3 aromatic rings. The van der Waals surface area contributed by atoms with E-state index >= 15 is 0 Å². The van der Waals surface area contributed by atoms with Crippen LogP contribution in [0, 0.1) is 0 Å². The predicted octanol–water partition coefficient (Wildman–Crippen LogP) is -0.758. The minimum atomic E-state index is -1.85. The molecule has 2 aromatic carbocycles. The molecule has 1 aromatic heterocycles. The number of aromatic hydroxyl groups is 4. The molecule has 16 nitrogen and oxygen atoms in total. The maximum absolute atomic E-state index is 10.7. The van der Waals surface area contributed by atoms with Crippen LogP contribution in [0.25, 0.3) is 22.3 Å². The topological polar surface area (TPSA) is 260 Å². The van der Waals surface area contributed by atoms with Crippen molar-refractivity contribution < 1.29 is 79.2 Å². The molecule has 0 radical (unpaired) electrons. The van der Waals surface area contributed by atoms with Crippen molar-refractivity contribution in [2.75, 3.05) is 13.7 Å². The monoisotopic (exact) mass is 625 g/mol. The van der Waals surface area contributed by atoms with Crippen LogP contribution < -0.4 is 9.47 Å². The van der Waals surface area contributed by atoms with Gasteiger partial charge in [-0.15, -0.1) is 0 Å². The van der Waals surface area contributed by atoms with E-state index in [9.17, 15) is 51.1 Å². The summed E-state index contributed by atoms with van der Waals surface area (Å²) in [6, 6.07) is 5.88. The normalized spacial score (nSPS) is 32.5. The van der Waals surface area contributed by atoms with Gasteiger partial charge >= 0.3 is 11.3 Å². The molecule has 0 bridgehead atoms. The van der Waals surface area contributed by atoms with Crippen LogP contribution in [0.4, 0.5) is 0 Å². The second kappa shape index (κ2) is 12.4. The van der Waals surface area contributed by atoms with Gasteiger partial charge in [-0.05, 0) is 6.92 Å². The zero-order valence-corrected chi connectivity index (χ0v) is 23.3. The Kier molecular flexibility index (Phi) is 8.90. The van der Waals surface area contributed by atoms with Gasteiger partial charge < -0.3 is 74.7 Å². The van der Waals surface area contributed by atoms with Gasteiger partial charge in [-0.2, -0.15) is 0 Å². The standard InChI is InChI=1S/C28H32O16/c1-9-19(32)22(35)24(37)27(41-9)40-8-18-21(34)23(36)25(38)28(44-18)43-17-7-12-13(30)5-11(29)6-15(12)42-26(17)10-3-14(31)20(33)16(4-10)39-2/h3-7,9,18-19,21-25,27-28,32,34-38H,8H2,1-2H3,(H3-,29,30,31,33)/p+1. The molecule has 16 heteroatoms. The summed E-state index contributed by atoms with van der Waals surface area (Å²) in [6.07, 6.45) is -15.5. The van der Waals surface area contributed by atoms with Crippen molar-refractivity contribution in [2.24, 2.45) is 0 Å². The lowest BCUT2D eigenvalue weighted by Gasteiger charge is -2.42. The number of phenols is 4. The molecule has 10 atom stereocenters. The molecule has 0 saturated carbocycles. The second-order valence-corrected chi connectivity index (χ2v) is 10.5. The van der Waals surface area contributed by atoms with E-state index in [-0.39, 0.29) is 39.5 Å². The first kappa shape index (κ1) is 31.7. The summed E-state index contributed by atoms with van der Waals surface area (Å²) in [5.41, 5.74) is 0.0387. The highest BCUT2D eigenvalue weighted by Crippen LogP contribution is 2.45. The summed E-state index contributed by atoms with van der Waals surface area (Å²) in [6.45, 7) is 0.904. The zero-order chi connectivity index (χ0) is 32.0. The molecule has 3 heterocycles. The van der Waals surface area contributed by atoms with Crippen molar-refractivity contribution in [2.45, 2.75) is 68.3 Å². The van der Waals surface area contributed by atoms with Crippen molar-refractivity contribution in [1.29, 1.82) is 0 Å². The molecule has 240 valence electrons. The highest BCUT2D eigenvalue weighted by Gasteiger charge is 2.48. The Morgan fingerprint density at radius 1 is 0.727 bits per heavy atom. The highest BCUT2D eigenvalue weighted by atomic mass is 16.7. The Labute approximate surface area is 248 Å². The minimum absolute atomic E-state index is 0.0317. The van der Waals surface area contributed by atoms with Gasteiger partial charge in [0.15, 0.2) is 17.8 Å². The van der Waals surface area contributed by atoms with E-state index in [2.05, 4.69) is 0 Å². The Hall–Kier alpha value is -3.71. The first-order chi connectivity index (χ1) is 20.8. The molecule has 2 saturated heterocycles. The molecule has 10 N–H and O–H groups in total. The summed E-state index contributed by atoms with van der Waals surface area (Å²) >= 11 is 0. The van der Waals surface area contributed by atoms with Crippen molar-refractivity contribution >= 4 is 11.0 Å². The first-order valence-electron chi connectivity index (χ1n) is 13.4. The van der Waals surface area contributed by atoms with E-state index in [1.54, 1.807) is 0 Å². The molecular formula is C28H33O16+. The fourth-order valence-electron chi connectivity index (χ4n) is 4.97. The van der Waals surface area contributed by atoms with E-state index in [1.165, 1.54) is 32.2 Å². The molecule has 2 aliphatic heterocycles. The van der Waals surface area contributed by atoms with Crippen molar-refractivity contribution in [1.82, 2.24) is 0 Å². The van der Waals surface area contributed by atoms with E-state index in [0.717, 1.165) is 12.1 Å². The molecule has 10 unspecified atom stereocenters. The van der Waals surface area contributed by atoms with Crippen LogP contribution in [0.15, 0.2) is 34.7 Å². The van der Waals surface area contributed by atoms with Gasteiger partial charge in [-0.25, -0.2) is 4.42 Å². The van der Waals surface area contributed by atoms with Gasteiger partial charge in [0.05, 0.1) is 31.5 Å². The molecule has 5 rings (SSSR count).